The van der Waals surface area contributed by atoms with E-state index in [9.17, 15) is 18.0 Å². The Morgan fingerprint density at radius 1 is 1.02 bits per heavy atom. The van der Waals surface area contributed by atoms with E-state index in [-0.39, 0.29) is 17.1 Å². The predicted molar refractivity (Wildman–Crippen MR) is 161 cm³/mol. The number of anilines is 1. The lowest BCUT2D eigenvalue weighted by Crippen LogP contribution is -2.50. The summed E-state index contributed by atoms with van der Waals surface area (Å²) in [5.41, 5.74) is 0.820. The van der Waals surface area contributed by atoms with Gasteiger partial charge in [0.1, 0.15) is 18.3 Å². The van der Waals surface area contributed by atoms with E-state index in [1.807, 2.05) is 13.2 Å². The summed E-state index contributed by atoms with van der Waals surface area (Å²) in [6, 6.07) is 16.8. The van der Waals surface area contributed by atoms with E-state index in [2.05, 4.69) is 5.32 Å². The van der Waals surface area contributed by atoms with Gasteiger partial charge >= 0.3 is 0 Å². The standard InChI is InChI=1S/C28H31Cl2N3O5S2/c1-5-38-23-10-8-22(9-11-23)33(40(36,37)25-14-12-24(39-4)13-15-25)18-27(34)32(19(2)28(35)31-3)17-20-6-7-21(29)16-26(20)30/h6-16,19H,5,17-18H2,1-4H3,(H,31,35). The van der Waals surface area contributed by atoms with Gasteiger partial charge in [0.05, 0.1) is 17.2 Å². The zero-order valence-electron chi connectivity index (χ0n) is 22.6. The number of amides is 2. The number of hydrogen-bond donors (Lipinski definition) is 1. The van der Waals surface area contributed by atoms with Crippen molar-refractivity contribution in [2.24, 2.45) is 0 Å². The van der Waals surface area contributed by atoms with Crippen LogP contribution in [0.5, 0.6) is 5.75 Å². The SMILES string of the molecule is CCOc1ccc(N(CC(=O)N(Cc2ccc(Cl)cc2Cl)C(C)C(=O)NC)S(=O)(=O)c2ccc(SC)cc2)cc1. The van der Waals surface area contributed by atoms with E-state index in [0.717, 1.165) is 9.20 Å². The van der Waals surface area contributed by atoms with E-state index < -0.39 is 34.4 Å². The van der Waals surface area contributed by atoms with Crippen LogP contribution in [-0.2, 0) is 26.2 Å². The second kappa shape index (κ2) is 14.1. The second-order valence-electron chi connectivity index (χ2n) is 8.66. The highest BCUT2D eigenvalue weighted by Gasteiger charge is 2.32. The molecule has 0 fully saturated rings. The summed E-state index contributed by atoms with van der Waals surface area (Å²) >= 11 is 13.9. The van der Waals surface area contributed by atoms with Gasteiger partial charge in [-0.1, -0.05) is 29.3 Å². The van der Waals surface area contributed by atoms with Crippen LogP contribution in [0.15, 0.2) is 76.5 Å². The smallest absolute Gasteiger partial charge is 0.264 e. The maximum atomic E-state index is 13.9. The van der Waals surface area contributed by atoms with Crippen molar-refractivity contribution in [3.63, 3.8) is 0 Å². The van der Waals surface area contributed by atoms with Gasteiger partial charge in [-0.25, -0.2) is 8.42 Å². The molecule has 0 aliphatic carbocycles. The van der Waals surface area contributed by atoms with E-state index in [4.69, 9.17) is 27.9 Å². The Balaban J connectivity index is 2.05. The zero-order chi connectivity index (χ0) is 29.4. The molecule has 0 aliphatic rings. The number of likely N-dealkylation sites (N-methyl/N-ethyl adjacent to an activating group) is 1. The molecule has 3 rings (SSSR count). The molecule has 12 heteroatoms. The average molecular weight is 625 g/mol. The van der Waals surface area contributed by atoms with Gasteiger partial charge in [0, 0.05) is 28.5 Å². The van der Waals surface area contributed by atoms with Crippen LogP contribution in [-0.4, -0.2) is 57.6 Å². The second-order valence-corrected chi connectivity index (χ2v) is 12.2. The topological polar surface area (TPSA) is 96.0 Å². The van der Waals surface area contributed by atoms with Crippen molar-refractivity contribution >= 4 is 62.5 Å². The summed E-state index contributed by atoms with van der Waals surface area (Å²) in [6.07, 6.45) is 1.89. The van der Waals surface area contributed by atoms with Gasteiger partial charge < -0.3 is 15.0 Å². The van der Waals surface area contributed by atoms with Gasteiger partial charge in [0.2, 0.25) is 11.8 Å². The number of sulfonamides is 1. The minimum absolute atomic E-state index is 0.0265. The molecular weight excluding hydrogens is 593 g/mol. The molecule has 8 nitrogen and oxygen atoms in total. The number of carbonyl (C=O) groups is 2. The summed E-state index contributed by atoms with van der Waals surface area (Å²) < 4.78 is 34.4. The number of thioether (sulfide) groups is 1. The lowest BCUT2D eigenvalue weighted by Gasteiger charge is -2.32. The Kier molecular flexibility index (Phi) is 11.2. The molecule has 0 radical (unpaired) electrons. The van der Waals surface area contributed by atoms with Gasteiger partial charge in [-0.2, -0.15) is 0 Å². The molecule has 0 saturated heterocycles. The van der Waals surface area contributed by atoms with Crippen molar-refractivity contribution in [2.45, 2.75) is 36.2 Å². The minimum Gasteiger partial charge on any atom is -0.494 e. The molecule has 0 heterocycles. The van der Waals surface area contributed by atoms with Crippen molar-refractivity contribution in [1.82, 2.24) is 10.2 Å². The van der Waals surface area contributed by atoms with Crippen molar-refractivity contribution in [3.8, 4) is 5.75 Å². The molecular formula is C28H31Cl2N3O5S2. The normalized spacial score (nSPS) is 11.9. The Bertz CT molecular complexity index is 1440. The van der Waals surface area contributed by atoms with Gasteiger partial charge in [-0.05, 0) is 86.3 Å². The molecule has 0 saturated carbocycles. The maximum absolute atomic E-state index is 13.9. The van der Waals surface area contributed by atoms with E-state index in [0.29, 0.717) is 28.0 Å². The van der Waals surface area contributed by atoms with Gasteiger partial charge in [0.25, 0.3) is 10.0 Å². The summed E-state index contributed by atoms with van der Waals surface area (Å²) in [5.74, 6) is -0.451. The van der Waals surface area contributed by atoms with Gasteiger partial charge in [0.15, 0.2) is 0 Å². The first kappa shape index (κ1) is 31.6. The van der Waals surface area contributed by atoms with Crippen LogP contribution in [0.1, 0.15) is 19.4 Å². The highest BCUT2D eigenvalue weighted by atomic mass is 35.5. The fourth-order valence-electron chi connectivity index (χ4n) is 3.90. The lowest BCUT2D eigenvalue weighted by atomic mass is 10.1. The molecule has 1 N–H and O–H groups in total. The van der Waals surface area contributed by atoms with Gasteiger partial charge in [-0.3, -0.25) is 13.9 Å². The van der Waals surface area contributed by atoms with Crippen LogP contribution in [0, 0.1) is 0 Å². The highest BCUT2D eigenvalue weighted by Crippen LogP contribution is 2.28. The highest BCUT2D eigenvalue weighted by molar-refractivity contribution is 7.98. The monoisotopic (exact) mass is 623 g/mol. The predicted octanol–water partition coefficient (Wildman–Crippen LogP) is 5.47. The molecule has 3 aromatic carbocycles. The quantitative estimate of drug-likeness (QED) is 0.269. The lowest BCUT2D eigenvalue weighted by molar-refractivity contribution is -0.139. The summed E-state index contributed by atoms with van der Waals surface area (Å²) in [6.45, 7) is 3.26. The maximum Gasteiger partial charge on any atom is 0.264 e. The largest absolute Gasteiger partial charge is 0.494 e. The van der Waals surface area contributed by atoms with Crippen LogP contribution in [0.25, 0.3) is 0 Å². The van der Waals surface area contributed by atoms with Crippen molar-refractivity contribution in [1.29, 1.82) is 0 Å². The van der Waals surface area contributed by atoms with E-state index in [1.165, 1.54) is 35.8 Å². The minimum atomic E-state index is -4.18. The Morgan fingerprint density at radius 2 is 1.68 bits per heavy atom. The molecule has 214 valence electrons. The average Bonchev–Trinajstić information content (AvgIpc) is 2.95. The molecule has 3 aromatic rings. The van der Waals surface area contributed by atoms with Crippen molar-refractivity contribution < 1.29 is 22.7 Å². The molecule has 1 unspecified atom stereocenters. The molecule has 40 heavy (non-hydrogen) atoms. The molecule has 0 aliphatic heterocycles. The molecule has 0 aromatic heterocycles. The number of nitrogens with one attached hydrogen (secondary N) is 1. The fourth-order valence-corrected chi connectivity index (χ4v) is 6.19. The Morgan fingerprint density at radius 3 is 2.23 bits per heavy atom. The van der Waals surface area contributed by atoms with Crippen LogP contribution < -0.4 is 14.4 Å². The first-order chi connectivity index (χ1) is 19.0. The van der Waals surface area contributed by atoms with E-state index in [1.54, 1.807) is 61.5 Å². The Hall–Kier alpha value is -2.92. The third kappa shape index (κ3) is 7.63. The van der Waals surface area contributed by atoms with Crippen molar-refractivity contribution in [3.05, 3.63) is 82.3 Å². The third-order valence-electron chi connectivity index (χ3n) is 6.13. The molecule has 0 bridgehead atoms. The van der Waals surface area contributed by atoms with Crippen molar-refractivity contribution in [2.75, 3.05) is 30.8 Å². The Labute approximate surface area is 249 Å². The zero-order valence-corrected chi connectivity index (χ0v) is 25.7. The number of hydrogen-bond acceptors (Lipinski definition) is 6. The number of nitrogens with zero attached hydrogens (tertiary/aromatic N) is 2. The number of benzene rings is 3. The molecule has 1 atom stereocenters. The van der Waals surface area contributed by atoms with E-state index >= 15 is 0 Å². The first-order valence-electron chi connectivity index (χ1n) is 12.4. The number of carbonyl (C=O) groups excluding carboxylic acids is 2. The third-order valence-corrected chi connectivity index (χ3v) is 9.25. The fraction of sp³-hybridized carbons (Fsp3) is 0.286. The number of rotatable bonds is 12. The van der Waals surface area contributed by atoms with Crippen LogP contribution in [0.3, 0.4) is 0 Å². The number of halogens is 2. The first-order valence-corrected chi connectivity index (χ1v) is 15.8. The van der Waals surface area contributed by atoms with Crippen LogP contribution in [0.2, 0.25) is 10.0 Å². The molecule has 2 amide bonds. The summed E-state index contributed by atoms with van der Waals surface area (Å²) in [5, 5.41) is 3.29. The van der Waals surface area contributed by atoms with Crippen LogP contribution in [0.4, 0.5) is 5.69 Å². The van der Waals surface area contributed by atoms with Crippen LogP contribution >= 0.6 is 35.0 Å². The number of ether oxygens (including phenoxy) is 1. The molecule has 0 spiro atoms. The van der Waals surface area contributed by atoms with Gasteiger partial charge in [-0.15, -0.1) is 11.8 Å². The summed E-state index contributed by atoms with van der Waals surface area (Å²) in [4.78, 5) is 28.7. The summed E-state index contributed by atoms with van der Waals surface area (Å²) in [7, 11) is -2.72.